The van der Waals surface area contributed by atoms with Crippen LogP contribution in [0.2, 0.25) is 0 Å². The topological polar surface area (TPSA) is 12.0 Å². The van der Waals surface area contributed by atoms with Gasteiger partial charge < -0.3 is 5.32 Å². The average molecular weight is 169 g/mol. The number of hydrogen-bond donors (Lipinski definition) is 1. The van der Waals surface area contributed by atoms with Gasteiger partial charge in [-0.2, -0.15) is 0 Å². The molecule has 0 saturated heterocycles. The molecular formula is C12H11N. The Morgan fingerprint density at radius 1 is 1.00 bits per heavy atom. The molecule has 0 amide bonds. The maximum atomic E-state index is 3.80. The molecule has 1 heteroatoms. The summed E-state index contributed by atoms with van der Waals surface area (Å²) in [5.41, 5.74) is 3.34. The van der Waals surface area contributed by atoms with Crippen LogP contribution in [0.4, 0.5) is 0 Å². The number of dihydropyridines is 1. The minimum atomic E-state index is 0.930. The van der Waals surface area contributed by atoms with E-state index < -0.39 is 0 Å². The molecule has 1 aliphatic rings. The zero-order valence-corrected chi connectivity index (χ0v) is 7.33. The van der Waals surface area contributed by atoms with Gasteiger partial charge in [-0.05, 0) is 17.2 Å². The van der Waals surface area contributed by atoms with Crippen LogP contribution in [-0.4, -0.2) is 0 Å². The third-order valence-corrected chi connectivity index (χ3v) is 1.98. The quantitative estimate of drug-likeness (QED) is 0.681. The Morgan fingerprint density at radius 2 is 1.77 bits per heavy atom. The van der Waals surface area contributed by atoms with E-state index in [9.17, 15) is 0 Å². The van der Waals surface area contributed by atoms with E-state index in [1.54, 1.807) is 0 Å². The number of nitrogens with one attached hydrogen (secondary N) is 1. The predicted octanol–water partition coefficient (Wildman–Crippen LogP) is 2.70. The van der Waals surface area contributed by atoms with Crippen LogP contribution in [-0.2, 0) is 0 Å². The summed E-state index contributed by atoms with van der Waals surface area (Å²) in [4.78, 5) is 0. The fourth-order valence-electron chi connectivity index (χ4n) is 1.27. The lowest BCUT2D eigenvalue weighted by Crippen LogP contribution is -2.05. The Morgan fingerprint density at radius 3 is 2.38 bits per heavy atom. The van der Waals surface area contributed by atoms with Gasteiger partial charge in [0.2, 0.25) is 0 Å². The van der Waals surface area contributed by atoms with Crippen molar-refractivity contribution in [3.05, 3.63) is 66.5 Å². The molecule has 0 atom stereocenters. The highest BCUT2D eigenvalue weighted by atomic mass is 14.8. The smallest absolute Gasteiger partial charge is 0.0307 e. The summed E-state index contributed by atoms with van der Waals surface area (Å²) < 4.78 is 0. The standard InChI is InChI=1S/C12H11N/c1-10-7-8-12(9-13-10)11-5-3-2-4-6-11/h2-9,13H,1H2. The summed E-state index contributed by atoms with van der Waals surface area (Å²) in [5, 5.41) is 3.09. The molecule has 1 heterocycles. The number of allylic oxidation sites excluding steroid dienone is 3. The van der Waals surface area contributed by atoms with E-state index in [-0.39, 0.29) is 0 Å². The summed E-state index contributed by atoms with van der Waals surface area (Å²) in [6.45, 7) is 3.80. The molecule has 0 bridgehead atoms. The van der Waals surface area contributed by atoms with Gasteiger partial charge in [0.1, 0.15) is 0 Å². The Labute approximate surface area is 78.1 Å². The monoisotopic (exact) mass is 169 g/mol. The molecule has 0 saturated carbocycles. The van der Waals surface area contributed by atoms with E-state index in [0.717, 1.165) is 5.70 Å². The molecule has 1 aromatic carbocycles. The van der Waals surface area contributed by atoms with E-state index in [0.29, 0.717) is 0 Å². The van der Waals surface area contributed by atoms with Crippen LogP contribution in [0.25, 0.3) is 5.57 Å². The van der Waals surface area contributed by atoms with Gasteiger partial charge >= 0.3 is 0 Å². The van der Waals surface area contributed by atoms with E-state index in [1.165, 1.54) is 11.1 Å². The predicted molar refractivity (Wildman–Crippen MR) is 55.8 cm³/mol. The maximum absolute atomic E-state index is 3.80. The van der Waals surface area contributed by atoms with Crippen molar-refractivity contribution >= 4 is 5.57 Å². The second-order valence-electron chi connectivity index (χ2n) is 2.97. The molecule has 1 nitrogen and oxygen atoms in total. The first-order valence-electron chi connectivity index (χ1n) is 4.25. The molecule has 0 spiro atoms. The van der Waals surface area contributed by atoms with Crippen LogP contribution in [0.3, 0.4) is 0 Å². The fourth-order valence-corrected chi connectivity index (χ4v) is 1.27. The van der Waals surface area contributed by atoms with Gasteiger partial charge in [0.15, 0.2) is 0 Å². The second kappa shape index (κ2) is 3.31. The normalized spacial score (nSPS) is 15.1. The van der Waals surface area contributed by atoms with Gasteiger partial charge in [0.05, 0.1) is 0 Å². The third-order valence-electron chi connectivity index (χ3n) is 1.98. The van der Waals surface area contributed by atoms with Gasteiger partial charge in [0, 0.05) is 11.9 Å². The first-order valence-corrected chi connectivity index (χ1v) is 4.25. The van der Waals surface area contributed by atoms with E-state index in [1.807, 2.05) is 30.5 Å². The molecule has 0 fully saturated rings. The number of benzene rings is 1. The van der Waals surface area contributed by atoms with Crippen LogP contribution < -0.4 is 5.32 Å². The maximum Gasteiger partial charge on any atom is 0.0307 e. The summed E-state index contributed by atoms with van der Waals surface area (Å²) in [6, 6.07) is 10.3. The fraction of sp³-hybridized carbons (Fsp3) is 0. The largest absolute Gasteiger partial charge is 0.362 e. The molecule has 64 valence electrons. The number of rotatable bonds is 1. The van der Waals surface area contributed by atoms with Crippen molar-refractivity contribution in [2.75, 3.05) is 0 Å². The lowest BCUT2D eigenvalue weighted by atomic mass is 10.1. The molecule has 0 aliphatic carbocycles. The highest BCUT2D eigenvalue weighted by molar-refractivity contribution is 5.75. The van der Waals surface area contributed by atoms with Gasteiger partial charge in [-0.3, -0.25) is 0 Å². The molecule has 0 radical (unpaired) electrons. The molecule has 1 N–H and O–H groups in total. The minimum absolute atomic E-state index is 0.930. The molecule has 13 heavy (non-hydrogen) atoms. The highest BCUT2D eigenvalue weighted by Crippen LogP contribution is 2.17. The molecule has 0 aromatic heterocycles. The molecule has 0 unspecified atom stereocenters. The van der Waals surface area contributed by atoms with Crippen molar-refractivity contribution in [3.8, 4) is 0 Å². The van der Waals surface area contributed by atoms with E-state index >= 15 is 0 Å². The molecule has 2 rings (SSSR count). The van der Waals surface area contributed by atoms with Crippen LogP contribution in [0.1, 0.15) is 5.56 Å². The molecule has 1 aliphatic heterocycles. The number of hydrogen-bond acceptors (Lipinski definition) is 1. The average Bonchev–Trinajstić information content (AvgIpc) is 2.20. The second-order valence-corrected chi connectivity index (χ2v) is 2.97. The first kappa shape index (κ1) is 7.87. The summed E-state index contributed by atoms with van der Waals surface area (Å²) in [6.07, 6.45) is 6.01. The Bertz CT molecular complexity index is 371. The molecular weight excluding hydrogens is 158 g/mol. The Kier molecular flexibility index (Phi) is 2.01. The highest BCUT2D eigenvalue weighted by Gasteiger charge is 2.00. The van der Waals surface area contributed by atoms with Crippen molar-refractivity contribution in [3.63, 3.8) is 0 Å². The van der Waals surface area contributed by atoms with Gasteiger partial charge in [-0.1, -0.05) is 43.0 Å². The van der Waals surface area contributed by atoms with Crippen LogP contribution in [0.5, 0.6) is 0 Å². The van der Waals surface area contributed by atoms with Crippen molar-refractivity contribution < 1.29 is 0 Å². The summed E-state index contributed by atoms with van der Waals surface area (Å²) in [7, 11) is 0. The van der Waals surface area contributed by atoms with Crippen LogP contribution >= 0.6 is 0 Å². The van der Waals surface area contributed by atoms with Gasteiger partial charge in [-0.15, -0.1) is 0 Å². The summed E-state index contributed by atoms with van der Waals surface area (Å²) in [5.74, 6) is 0. The van der Waals surface area contributed by atoms with E-state index in [2.05, 4.69) is 30.1 Å². The third kappa shape index (κ3) is 1.70. The Hall–Kier alpha value is -1.76. The minimum Gasteiger partial charge on any atom is -0.362 e. The van der Waals surface area contributed by atoms with Crippen molar-refractivity contribution in [1.29, 1.82) is 0 Å². The van der Waals surface area contributed by atoms with E-state index in [4.69, 9.17) is 0 Å². The Balaban J connectivity index is 2.30. The van der Waals surface area contributed by atoms with Gasteiger partial charge in [0.25, 0.3) is 0 Å². The zero-order valence-electron chi connectivity index (χ0n) is 7.33. The molecule has 1 aromatic rings. The van der Waals surface area contributed by atoms with Crippen molar-refractivity contribution in [2.45, 2.75) is 0 Å². The van der Waals surface area contributed by atoms with Gasteiger partial charge in [-0.25, -0.2) is 0 Å². The lowest BCUT2D eigenvalue weighted by Gasteiger charge is -2.09. The summed E-state index contributed by atoms with van der Waals surface area (Å²) >= 11 is 0. The van der Waals surface area contributed by atoms with Crippen molar-refractivity contribution in [1.82, 2.24) is 5.32 Å². The van der Waals surface area contributed by atoms with Crippen LogP contribution in [0, 0.1) is 0 Å². The first-order chi connectivity index (χ1) is 6.36. The SMILES string of the molecule is C=C1C=CC(c2ccccc2)=CN1. The van der Waals surface area contributed by atoms with Crippen molar-refractivity contribution in [2.24, 2.45) is 0 Å². The zero-order chi connectivity index (χ0) is 9.10. The lowest BCUT2D eigenvalue weighted by molar-refractivity contribution is 1.11. The van der Waals surface area contributed by atoms with Crippen LogP contribution in [0.15, 0.2) is 61.0 Å².